The summed E-state index contributed by atoms with van der Waals surface area (Å²) in [5.41, 5.74) is 1.66. The predicted octanol–water partition coefficient (Wildman–Crippen LogP) is 2.43. The van der Waals surface area contributed by atoms with Gasteiger partial charge in [-0.1, -0.05) is 17.7 Å². The molecular formula is C23H26ClN5O4S. The first-order chi connectivity index (χ1) is 16.3. The Morgan fingerprint density at radius 1 is 1.24 bits per heavy atom. The number of benzene rings is 1. The van der Waals surface area contributed by atoms with Gasteiger partial charge in [0, 0.05) is 36.9 Å². The maximum atomic E-state index is 13.1. The molecule has 34 heavy (non-hydrogen) atoms. The predicted molar refractivity (Wildman–Crippen MR) is 133 cm³/mol. The first-order valence-electron chi connectivity index (χ1n) is 11.0. The molecule has 4 rings (SSSR count). The zero-order valence-electron chi connectivity index (χ0n) is 19.0. The van der Waals surface area contributed by atoms with Crippen LogP contribution in [0.25, 0.3) is 10.2 Å². The number of aryl methyl sites for hydroxylation is 2. The zero-order chi connectivity index (χ0) is 24.2. The summed E-state index contributed by atoms with van der Waals surface area (Å²) in [6.07, 6.45) is 1.34. The Kier molecular flexibility index (Phi) is 7.62. The number of aromatic nitrogens is 2. The number of ether oxygens (including phenoxy) is 1. The molecule has 0 spiro atoms. The van der Waals surface area contributed by atoms with Crippen LogP contribution in [0.15, 0.2) is 29.3 Å². The summed E-state index contributed by atoms with van der Waals surface area (Å²) in [6.45, 7) is 7.77. The molecule has 0 unspecified atom stereocenters. The summed E-state index contributed by atoms with van der Waals surface area (Å²) in [7, 11) is 0. The van der Waals surface area contributed by atoms with Crippen molar-refractivity contribution in [2.24, 2.45) is 0 Å². The third-order valence-corrected chi connectivity index (χ3v) is 7.32. The number of carbonyl (C=O) groups excluding carboxylic acids is 2. The first kappa shape index (κ1) is 24.3. The molecule has 11 heteroatoms. The summed E-state index contributed by atoms with van der Waals surface area (Å²) >= 11 is 7.29. The topological polar surface area (TPSA) is 106 Å². The van der Waals surface area contributed by atoms with Crippen LogP contribution in [0.5, 0.6) is 0 Å². The highest BCUT2D eigenvalue weighted by Crippen LogP contribution is 2.26. The van der Waals surface area contributed by atoms with Crippen LogP contribution in [-0.2, 0) is 16.1 Å². The van der Waals surface area contributed by atoms with Crippen LogP contribution in [0, 0.1) is 13.8 Å². The van der Waals surface area contributed by atoms with Crippen LogP contribution >= 0.6 is 22.9 Å². The van der Waals surface area contributed by atoms with E-state index < -0.39 is 0 Å². The molecule has 0 bridgehead atoms. The lowest BCUT2D eigenvalue weighted by Gasteiger charge is -2.26. The second kappa shape index (κ2) is 10.6. The Morgan fingerprint density at radius 3 is 2.74 bits per heavy atom. The van der Waals surface area contributed by atoms with E-state index in [-0.39, 0.29) is 23.9 Å². The fourth-order valence-corrected chi connectivity index (χ4v) is 4.98. The van der Waals surface area contributed by atoms with Crippen molar-refractivity contribution >= 4 is 50.7 Å². The third kappa shape index (κ3) is 5.47. The van der Waals surface area contributed by atoms with Gasteiger partial charge in [-0.25, -0.2) is 4.98 Å². The van der Waals surface area contributed by atoms with Crippen molar-refractivity contribution in [2.45, 2.75) is 20.4 Å². The van der Waals surface area contributed by atoms with Gasteiger partial charge in [0.15, 0.2) is 0 Å². The molecule has 0 atom stereocenters. The minimum Gasteiger partial charge on any atom is -0.379 e. The van der Waals surface area contributed by atoms with E-state index in [9.17, 15) is 14.4 Å². The molecule has 3 aromatic rings. The highest BCUT2D eigenvalue weighted by Gasteiger charge is 2.20. The Bertz CT molecular complexity index is 1280. The number of carbonyl (C=O) groups is 2. The molecule has 1 saturated heterocycles. The normalized spacial score (nSPS) is 14.3. The van der Waals surface area contributed by atoms with Gasteiger partial charge in [-0.15, -0.1) is 11.3 Å². The average molecular weight is 504 g/mol. The number of nitrogens with one attached hydrogen (secondary N) is 2. The lowest BCUT2D eigenvalue weighted by atomic mass is 10.2. The van der Waals surface area contributed by atoms with E-state index in [1.807, 2.05) is 6.92 Å². The number of halogens is 1. The molecule has 9 nitrogen and oxygen atoms in total. The highest BCUT2D eigenvalue weighted by molar-refractivity contribution is 7.20. The van der Waals surface area contributed by atoms with Gasteiger partial charge < -0.3 is 15.4 Å². The third-order valence-electron chi connectivity index (χ3n) is 5.71. The Labute approximate surface area is 205 Å². The second-order valence-corrected chi connectivity index (χ2v) is 9.54. The van der Waals surface area contributed by atoms with Crippen molar-refractivity contribution in [1.82, 2.24) is 19.8 Å². The molecule has 180 valence electrons. The van der Waals surface area contributed by atoms with Gasteiger partial charge in [-0.3, -0.25) is 23.9 Å². The Morgan fingerprint density at radius 2 is 2.00 bits per heavy atom. The summed E-state index contributed by atoms with van der Waals surface area (Å²) in [4.78, 5) is 45.8. The summed E-state index contributed by atoms with van der Waals surface area (Å²) in [6, 6.07) is 5.21. The maximum absolute atomic E-state index is 13.1. The van der Waals surface area contributed by atoms with Crippen LogP contribution in [-0.4, -0.2) is 65.7 Å². The minimum absolute atomic E-state index is 0.205. The van der Waals surface area contributed by atoms with E-state index in [1.165, 1.54) is 22.2 Å². The molecule has 0 radical (unpaired) electrons. The average Bonchev–Trinajstić information content (AvgIpc) is 3.16. The van der Waals surface area contributed by atoms with Gasteiger partial charge in [0.2, 0.25) is 5.91 Å². The monoisotopic (exact) mass is 503 g/mol. The Balaban J connectivity index is 1.44. The van der Waals surface area contributed by atoms with Crippen molar-refractivity contribution < 1.29 is 14.3 Å². The smallest absolute Gasteiger partial charge is 0.262 e. The molecule has 2 amide bonds. The molecular weight excluding hydrogens is 478 g/mol. The fraction of sp³-hybridized carbons (Fsp3) is 0.391. The number of thiophene rings is 1. The van der Waals surface area contributed by atoms with Crippen molar-refractivity contribution in [3.05, 3.63) is 55.9 Å². The molecule has 0 aliphatic carbocycles. The van der Waals surface area contributed by atoms with Crippen LogP contribution in [0.2, 0.25) is 5.02 Å². The van der Waals surface area contributed by atoms with Gasteiger partial charge in [-0.05, 0) is 37.1 Å². The van der Waals surface area contributed by atoms with Crippen molar-refractivity contribution in [3.8, 4) is 0 Å². The van der Waals surface area contributed by atoms with Gasteiger partial charge in [0.1, 0.15) is 11.4 Å². The van der Waals surface area contributed by atoms with Gasteiger partial charge >= 0.3 is 0 Å². The quantitative estimate of drug-likeness (QED) is 0.513. The van der Waals surface area contributed by atoms with E-state index in [4.69, 9.17) is 16.3 Å². The molecule has 1 aliphatic rings. The lowest BCUT2D eigenvalue weighted by Crippen LogP contribution is -2.41. The van der Waals surface area contributed by atoms with Crippen molar-refractivity contribution in [2.75, 3.05) is 44.7 Å². The largest absolute Gasteiger partial charge is 0.379 e. The van der Waals surface area contributed by atoms with Crippen LogP contribution in [0.3, 0.4) is 0 Å². The number of hydrogen-bond acceptors (Lipinski definition) is 7. The molecule has 0 saturated carbocycles. The number of hydrogen-bond donors (Lipinski definition) is 2. The number of amides is 2. The van der Waals surface area contributed by atoms with Crippen LogP contribution < -0.4 is 16.2 Å². The molecule has 1 aliphatic heterocycles. The second-order valence-electron chi connectivity index (χ2n) is 8.14. The number of fused-ring (bicyclic) bond motifs is 1. The molecule has 3 heterocycles. The van der Waals surface area contributed by atoms with E-state index in [0.29, 0.717) is 51.1 Å². The lowest BCUT2D eigenvalue weighted by molar-refractivity contribution is -0.116. The fourth-order valence-electron chi connectivity index (χ4n) is 3.75. The maximum Gasteiger partial charge on any atom is 0.262 e. The zero-order valence-corrected chi connectivity index (χ0v) is 20.6. The van der Waals surface area contributed by atoms with Crippen LogP contribution in [0.1, 0.15) is 20.8 Å². The molecule has 2 aromatic heterocycles. The minimum atomic E-state index is -0.378. The molecule has 1 fully saturated rings. The number of nitrogens with zero attached hydrogens (tertiary/aromatic N) is 3. The van der Waals surface area contributed by atoms with E-state index in [1.54, 1.807) is 25.1 Å². The Hall–Kier alpha value is -2.79. The standard InChI is InChI=1S/C23H26ClN5O4S/c1-14-3-4-16(11-17(14)24)27-18(30)12-29-13-26-22-19(23(29)32)15(2)20(34-22)21(31)25-5-6-28-7-9-33-10-8-28/h3-4,11,13H,5-10,12H2,1-2H3,(H,25,31)(H,27,30). The van der Waals surface area contributed by atoms with Crippen LogP contribution in [0.4, 0.5) is 5.69 Å². The van der Waals surface area contributed by atoms with E-state index in [2.05, 4.69) is 20.5 Å². The van der Waals surface area contributed by atoms with Gasteiger partial charge in [0.05, 0.1) is 29.8 Å². The summed E-state index contributed by atoms with van der Waals surface area (Å²) in [5, 5.41) is 6.57. The SMILES string of the molecule is Cc1ccc(NC(=O)Cn2cnc3sc(C(=O)NCCN4CCOCC4)c(C)c3c2=O)cc1Cl. The summed E-state index contributed by atoms with van der Waals surface area (Å²) < 4.78 is 6.58. The molecule has 1 aromatic carbocycles. The summed E-state index contributed by atoms with van der Waals surface area (Å²) in [5.74, 6) is -0.606. The number of rotatable bonds is 7. The van der Waals surface area contributed by atoms with Crippen molar-refractivity contribution in [1.29, 1.82) is 0 Å². The van der Waals surface area contributed by atoms with E-state index >= 15 is 0 Å². The number of morpholine rings is 1. The van der Waals surface area contributed by atoms with E-state index in [0.717, 1.165) is 25.2 Å². The number of anilines is 1. The van der Waals surface area contributed by atoms with Gasteiger partial charge in [-0.2, -0.15) is 0 Å². The highest BCUT2D eigenvalue weighted by atomic mass is 35.5. The van der Waals surface area contributed by atoms with Gasteiger partial charge in [0.25, 0.3) is 11.5 Å². The first-order valence-corrected chi connectivity index (χ1v) is 12.2. The molecule has 2 N–H and O–H groups in total. The van der Waals surface area contributed by atoms with Crippen molar-refractivity contribution in [3.63, 3.8) is 0 Å².